The first-order chi connectivity index (χ1) is 8.58. The van der Waals surface area contributed by atoms with Gasteiger partial charge in [-0.2, -0.15) is 0 Å². The molecule has 1 rings (SSSR count). The second kappa shape index (κ2) is 7.84. The molecular weight excluding hydrogens is 232 g/mol. The number of hydrogen-bond acceptors (Lipinski definition) is 4. The Morgan fingerprint density at radius 3 is 2.56 bits per heavy atom. The molecule has 4 nitrogen and oxygen atoms in total. The number of esters is 1. The lowest BCUT2D eigenvalue weighted by Gasteiger charge is -2.11. The minimum Gasteiger partial charge on any atom is -0.460 e. The topological polar surface area (TPSA) is 66.8 Å². The van der Waals surface area contributed by atoms with E-state index in [4.69, 9.17) is 4.74 Å². The summed E-state index contributed by atoms with van der Waals surface area (Å²) in [6.45, 7) is 1.84. The first kappa shape index (κ1) is 14.7. The highest BCUT2D eigenvalue weighted by atomic mass is 16.5. The summed E-state index contributed by atoms with van der Waals surface area (Å²) in [6.07, 6.45) is 9.74. The zero-order chi connectivity index (χ0) is 13.4. The van der Waals surface area contributed by atoms with Crippen LogP contribution in [0, 0.1) is 0 Å². The zero-order valence-corrected chi connectivity index (χ0v) is 10.5. The molecule has 0 aromatic rings. The third-order valence-electron chi connectivity index (χ3n) is 2.57. The van der Waals surface area contributed by atoms with Gasteiger partial charge in [-0.05, 0) is 32.3 Å². The van der Waals surface area contributed by atoms with Crippen LogP contribution in [0.5, 0.6) is 0 Å². The summed E-state index contributed by atoms with van der Waals surface area (Å²) in [5.41, 5.74) is 0. The molecular formula is C14H20O4. The standard InChI is InChI=1S/C14H20O4/c1-11-5-3-2-4-6-12(15)7-8-13(16)9-10-14(17)18-11/h4,6-13,15-16H,2-3,5H2,1H3/b6-4+,8-7+,10-9+/t11-,12+,13+/m1/s1. The number of carbonyl (C=O) groups is 1. The summed E-state index contributed by atoms with van der Waals surface area (Å²) in [4.78, 5) is 11.4. The lowest BCUT2D eigenvalue weighted by molar-refractivity contribution is -0.142. The summed E-state index contributed by atoms with van der Waals surface area (Å²) >= 11 is 0. The lowest BCUT2D eigenvalue weighted by Crippen LogP contribution is -2.13. The van der Waals surface area contributed by atoms with E-state index < -0.39 is 18.2 Å². The Hall–Kier alpha value is -1.39. The van der Waals surface area contributed by atoms with Crippen LogP contribution in [0.25, 0.3) is 0 Å². The van der Waals surface area contributed by atoms with Gasteiger partial charge in [-0.15, -0.1) is 0 Å². The molecule has 0 bridgehead atoms. The van der Waals surface area contributed by atoms with Crippen LogP contribution in [-0.2, 0) is 9.53 Å². The quantitative estimate of drug-likeness (QED) is 0.506. The second-order valence-corrected chi connectivity index (χ2v) is 4.33. The molecule has 1 aliphatic rings. The fraction of sp³-hybridized carbons (Fsp3) is 0.500. The number of allylic oxidation sites excluding steroid dienone is 1. The number of aliphatic hydroxyl groups excluding tert-OH is 2. The highest BCUT2D eigenvalue weighted by Crippen LogP contribution is 2.07. The van der Waals surface area contributed by atoms with Crippen molar-refractivity contribution in [2.75, 3.05) is 0 Å². The monoisotopic (exact) mass is 252 g/mol. The first-order valence-corrected chi connectivity index (χ1v) is 6.18. The summed E-state index contributed by atoms with van der Waals surface area (Å²) < 4.78 is 5.13. The number of carbonyl (C=O) groups excluding carboxylic acids is 1. The molecule has 0 saturated carbocycles. The van der Waals surface area contributed by atoms with E-state index in [0.29, 0.717) is 0 Å². The Morgan fingerprint density at radius 1 is 1.17 bits per heavy atom. The highest BCUT2D eigenvalue weighted by Gasteiger charge is 2.07. The van der Waals surface area contributed by atoms with Crippen molar-refractivity contribution in [3.8, 4) is 0 Å². The van der Waals surface area contributed by atoms with Gasteiger partial charge in [0.15, 0.2) is 0 Å². The maximum atomic E-state index is 11.4. The van der Waals surface area contributed by atoms with Crippen molar-refractivity contribution in [3.05, 3.63) is 36.5 Å². The predicted octanol–water partition coefficient (Wildman–Crippen LogP) is 1.49. The molecule has 0 fully saturated rings. The zero-order valence-electron chi connectivity index (χ0n) is 10.5. The maximum absolute atomic E-state index is 11.4. The summed E-state index contributed by atoms with van der Waals surface area (Å²) in [5.74, 6) is -0.455. The van der Waals surface area contributed by atoms with Gasteiger partial charge in [-0.1, -0.05) is 24.3 Å². The molecule has 0 aromatic carbocycles. The lowest BCUT2D eigenvalue weighted by atomic mass is 10.1. The predicted molar refractivity (Wildman–Crippen MR) is 68.8 cm³/mol. The van der Waals surface area contributed by atoms with Gasteiger partial charge in [0.25, 0.3) is 0 Å². The maximum Gasteiger partial charge on any atom is 0.330 e. The Morgan fingerprint density at radius 2 is 1.83 bits per heavy atom. The Bertz CT molecular complexity index is 344. The van der Waals surface area contributed by atoms with Crippen molar-refractivity contribution in [2.24, 2.45) is 0 Å². The molecule has 0 radical (unpaired) electrons. The van der Waals surface area contributed by atoms with Crippen molar-refractivity contribution < 1.29 is 19.7 Å². The van der Waals surface area contributed by atoms with Crippen molar-refractivity contribution in [2.45, 2.75) is 44.5 Å². The summed E-state index contributed by atoms with van der Waals surface area (Å²) in [5, 5.41) is 19.0. The smallest absolute Gasteiger partial charge is 0.330 e. The van der Waals surface area contributed by atoms with Crippen molar-refractivity contribution >= 4 is 5.97 Å². The van der Waals surface area contributed by atoms with Gasteiger partial charge in [0.1, 0.15) is 0 Å². The van der Waals surface area contributed by atoms with Crippen molar-refractivity contribution in [3.63, 3.8) is 0 Å². The van der Waals surface area contributed by atoms with Crippen LogP contribution in [0.1, 0.15) is 26.2 Å². The van der Waals surface area contributed by atoms with Crippen LogP contribution in [0.2, 0.25) is 0 Å². The van der Waals surface area contributed by atoms with E-state index in [9.17, 15) is 15.0 Å². The highest BCUT2D eigenvalue weighted by molar-refractivity contribution is 5.82. The van der Waals surface area contributed by atoms with E-state index in [2.05, 4.69) is 0 Å². The second-order valence-electron chi connectivity index (χ2n) is 4.33. The van der Waals surface area contributed by atoms with Gasteiger partial charge in [0.2, 0.25) is 0 Å². The molecule has 1 heterocycles. The fourth-order valence-electron chi connectivity index (χ4n) is 1.59. The largest absolute Gasteiger partial charge is 0.460 e. The molecule has 100 valence electrons. The average Bonchev–Trinajstić information content (AvgIpc) is 2.32. The van der Waals surface area contributed by atoms with E-state index in [1.54, 1.807) is 6.08 Å². The molecule has 4 heteroatoms. The van der Waals surface area contributed by atoms with Gasteiger partial charge < -0.3 is 14.9 Å². The third-order valence-corrected chi connectivity index (χ3v) is 2.57. The number of rotatable bonds is 0. The van der Waals surface area contributed by atoms with Crippen LogP contribution in [-0.4, -0.2) is 34.5 Å². The van der Waals surface area contributed by atoms with Crippen molar-refractivity contribution in [1.29, 1.82) is 0 Å². The molecule has 18 heavy (non-hydrogen) atoms. The van der Waals surface area contributed by atoms with Gasteiger partial charge in [0.05, 0.1) is 18.3 Å². The van der Waals surface area contributed by atoms with Gasteiger partial charge >= 0.3 is 5.97 Å². The van der Waals surface area contributed by atoms with Gasteiger partial charge in [-0.25, -0.2) is 4.79 Å². The van der Waals surface area contributed by atoms with Crippen LogP contribution < -0.4 is 0 Å². The summed E-state index contributed by atoms with van der Waals surface area (Å²) in [6, 6.07) is 0. The minimum absolute atomic E-state index is 0.143. The molecule has 0 aromatic heterocycles. The number of aliphatic hydroxyl groups is 2. The molecule has 0 amide bonds. The fourth-order valence-corrected chi connectivity index (χ4v) is 1.59. The van der Waals surface area contributed by atoms with E-state index in [1.165, 1.54) is 24.3 Å². The van der Waals surface area contributed by atoms with Gasteiger partial charge in [0, 0.05) is 6.08 Å². The Kier molecular flexibility index (Phi) is 6.39. The molecule has 0 unspecified atom stereocenters. The SMILES string of the molecule is C[C@@H]1CCC/C=C/[C@H](O)/C=C/[C@H](O)/C=C/C(=O)O1. The van der Waals surface area contributed by atoms with E-state index >= 15 is 0 Å². The Labute approximate surface area is 107 Å². The van der Waals surface area contributed by atoms with E-state index in [1.807, 2.05) is 13.0 Å². The molecule has 1 aliphatic heterocycles. The first-order valence-electron chi connectivity index (χ1n) is 6.18. The van der Waals surface area contributed by atoms with E-state index in [0.717, 1.165) is 19.3 Å². The van der Waals surface area contributed by atoms with Crippen LogP contribution in [0.15, 0.2) is 36.5 Å². The molecule has 2 N–H and O–H groups in total. The number of ether oxygens (including phenoxy) is 1. The summed E-state index contributed by atoms with van der Waals surface area (Å²) in [7, 11) is 0. The van der Waals surface area contributed by atoms with Crippen LogP contribution in [0.4, 0.5) is 0 Å². The Balaban J connectivity index is 2.69. The van der Waals surface area contributed by atoms with Crippen LogP contribution >= 0.6 is 0 Å². The van der Waals surface area contributed by atoms with Crippen LogP contribution in [0.3, 0.4) is 0 Å². The normalized spacial score (nSPS) is 36.2. The number of hydrogen-bond donors (Lipinski definition) is 2. The van der Waals surface area contributed by atoms with E-state index in [-0.39, 0.29) is 6.10 Å². The molecule has 3 atom stereocenters. The number of cyclic esters (lactones) is 1. The minimum atomic E-state index is -0.904. The third kappa shape index (κ3) is 6.37. The molecule has 0 saturated heterocycles. The average molecular weight is 252 g/mol. The van der Waals surface area contributed by atoms with Gasteiger partial charge in [-0.3, -0.25) is 0 Å². The molecule has 0 aliphatic carbocycles. The van der Waals surface area contributed by atoms with Crippen molar-refractivity contribution in [1.82, 2.24) is 0 Å². The molecule has 0 spiro atoms.